The Morgan fingerprint density at radius 2 is 1.76 bits per heavy atom. The molecule has 0 radical (unpaired) electrons. The van der Waals surface area contributed by atoms with Crippen LogP contribution in [-0.2, 0) is 18.4 Å². The molecule has 29 heavy (non-hydrogen) atoms. The number of amides is 1. The number of nitrogens with zero attached hydrogens (tertiary/aromatic N) is 1. The Kier molecular flexibility index (Phi) is 5.25. The average molecular weight is 384 g/mol. The number of hydrogen-bond donors (Lipinski definition) is 1. The molecule has 3 aromatic carbocycles. The highest BCUT2D eigenvalue weighted by Gasteiger charge is 2.14. The second-order valence-corrected chi connectivity index (χ2v) is 6.89. The third kappa shape index (κ3) is 3.97. The Morgan fingerprint density at radius 3 is 2.55 bits per heavy atom. The number of aromatic nitrogens is 1. The summed E-state index contributed by atoms with van der Waals surface area (Å²) in [6.07, 6.45) is 3.39. The van der Waals surface area contributed by atoms with Gasteiger partial charge in [0.25, 0.3) is 0 Å². The summed E-state index contributed by atoms with van der Waals surface area (Å²) in [5, 5.41) is 3.90. The van der Waals surface area contributed by atoms with Gasteiger partial charge in [0.1, 0.15) is 5.82 Å². The summed E-state index contributed by atoms with van der Waals surface area (Å²) in [5.41, 5.74) is 4.97. The monoisotopic (exact) mass is 384 g/mol. The van der Waals surface area contributed by atoms with Gasteiger partial charge in [-0.15, -0.1) is 0 Å². The van der Waals surface area contributed by atoms with Crippen molar-refractivity contribution < 1.29 is 9.18 Å². The van der Waals surface area contributed by atoms with Gasteiger partial charge in [0.15, 0.2) is 0 Å². The van der Waals surface area contributed by atoms with Gasteiger partial charge < -0.3 is 9.88 Å². The standard InChI is InChI=1S/C25H21FN2O/c1-28-23-13-6-5-12-21(23)22(25(28)19-9-3-2-4-10-19)14-15-24(29)27-17-18-8-7-11-20(26)16-18/h2-16H,17H2,1H3,(H,27,29). The number of carbonyl (C=O) groups is 1. The van der Waals surface area contributed by atoms with Gasteiger partial charge in [-0.25, -0.2) is 4.39 Å². The van der Waals surface area contributed by atoms with Gasteiger partial charge in [-0.1, -0.05) is 60.7 Å². The summed E-state index contributed by atoms with van der Waals surface area (Å²) in [6, 6.07) is 24.5. The fourth-order valence-electron chi connectivity index (χ4n) is 3.59. The molecular formula is C25H21FN2O. The zero-order chi connectivity index (χ0) is 20.2. The van der Waals surface area contributed by atoms with E-state index in [1.54, 1.807) is 12.1 Å². The van der Waals surface area contributed by atoms with Crippen molar-refractivity contribution in [3.05, 3.63) is 102 Å². The molecule has 1 amide bonds. The summed E-state index contributed by atoms with van der Waals surface area (Å²) in [4.78, 5) is 12.4. The van der Waals surface area contributed by atoms with E-state index in [1.165, 1.54) is 18.2 Å². The van der Waals surface area contributed by atoms with Gasteiger partial charge in [0, 0.05) is 36.1 Å². The Balaban J connectivity index is 1.64. The minimum absolute atomic E-state index is 0.221. The Hall–Kier alpha value is -3.66. The normalized spacial score (nSPS) is 11.2. The van der Waals surface area contributed by atoms with Crippen LogP contribution in [0.4, 0.5) is 4.39 Å². The maximum absolute atomic E-state index is 13.3. The molecule has 1 heterocycles. The highest BCUT2D eigenvalue weighted by atomic mass is 19.1. The van der Waals surface area contributed by atoms with Gasteiger partial charge >= 0.3 is 0 Å². The molecule has 4 heteroatoms. The third-order valence-corrected chi connectivity index (χ3v) is 4.95. The number of fused-ring (bicyclic) bond motifs is 1. The third-order valence-electron chi connectivity index (χ3n) is 4.95. The lowest BCUT2D eigenvalue weighted by atomic mass is 10.0. The van der Waals surface area contributed by atoms with E-state index >= 15 is 0 Å². The SMILES string of the molecule is Cn1c(-c2ccccc2)c(C=CC(=O)NCc2cccc(F)c2)c2ccccc21. The van der Waals surface area contributed by atoms with Gasteiger partial charge in [-0.3, -0.25) is 4.79 Å². The summed E-state index contributed by atoms with van der Waals surface area (Å²) in [6.45, 7) is 0.280. The molecular weight excluding hydrogens is 363 g/mol. The average Bonchev–Trinajstić information content (AvgIpc) is 3.03. The van der Waals surface area contributed by atoms with E-state index in [4.69, 9.17) is 0 Å². The Labute approximate surface area is 169 Å². The molecule has 0 spiro atoms. The fraction of sp³-hybridized carbons (Fsp3) is 0.0800. The molecule has 0 aliphatic rings. The van der Waals surface area contributed by atoms with Crippen LogP contribution < -0.4 is 5.32 Å². The van der Waals surface area contributed by atoms with Crippen molar-refractivity contribution in [3.8, 4) is 11.3 Å². The largest absolute Gasteiger partial charge is 0.348 e. The molecule has 144 valence electrons. The minimum Gasteiger partial charge on any atom is -0.348 e. The van der Waals surface area contributed by atoms with Crippen molar-refractivity contribution >= 4 is 22.9 Å². The number of para-hydroxylation sites is 1. The molecule has 0 saturated heterocycles. The van der Waals surface area contributed by atoms with Crippen LogP contribution in [0.2, 0.25) is 0 Å². The molecule has 0 atom stereocenters. The van der Waals surface area contributed by atoms with E-state index in [-0.39, 0.29) is 18.3 Å². The van der Waals surface area contributed by atoms with Crippen LogP contribution in [0.25, 0.3) is 28.2 Å². The Morgan fingerprint density at radius 1 is 1.00 bits per heavy atom. The molecule has 0 fully saturated rings. The zero-order valence-corrected chi connectivity index (χ0v) is 16.1. The predicted molar refractivity (Wildman–Crippen MR) is 116 cm³/mol. The van der Waals surface area contributed by atoms with Gasteiger partial charge in [0.05, 0.1) is 5.69 Å². The molecule has 3 nitrogen and oxygen atoms in total. The van der Waals surface area contributed by atoms with Crippen LogP contribution in [0, 0.1) is 5.82 Å². The number of carbonyl (C=O) groups excluding carboxylic acids is 1. The number of hydrogen-bond acceptors (Lipinski definition) is 1. The van der Waals surface area contributed by atoms with E-state index in [0.717, 1.165) is 33.3 Å². The molecule has 0 aliphatic heterocycles. The van der Waals surface area contributed by atoms with Crippen LogP contribution in [0.5, 0.6) is 0 Å². The van der Waals surface area contributed by atoms with Crippen molar-refractivity contribution in [2.45, 2.75) is 6.54 Å². The van der Waals surface area contributed by atoms with Crippen molar-refractivity contribution in [2.75, 3.05) is 0 Å². The van der Waals surface area contributed by atoms with Crippen LogP contribution in [0.15, 0.2) is 84.9 Å². The van der Waals surface area contributed by atoms with E-state index < -0.39 is 0 Å². The molecule has 1 aromatic heterocycles. The first kappa shape index (κ1) is 18.7. The second kappa shape index (κ2) is 8.15. The van der Waals surface area contributed by atoms with Crippen molar-refractivity contribution in [3.63, 3.8) is 0 Å². The molecule has 4 rings (SSSR count). The number of nitrogens with one attached hydrogen (secondary N) is 1. The lowest BCUT2D eigenvalue weighted by Crippen LogP contribution is -2.20. The number of rotatable bonds is 5. The zero-order valence-electron chi connectivity index (χ0n) is 16.1. The molecule has 0 unspecified atom stereocenters. The van der Waals surface area contributed by atoms with E-state index in [1.807, 2.05) is 43.5 Å². The van der Waals surface area contributed by atoms with Crippen LogP contribution in [0.3, 0.4) is 0 Å². The maximum Gasteiger partial charge on any atom is 0.244 e. The summed E-state index contributed by atoms with van der Waals surface area (Å²) in [7, 11) is 2.03. The number of aryl methyl sites for hydroxylation is 1. The minimum atomic E-state index is -0.310. The quantitative estimate of drug-likeness (QED) is 0.465. The highest BCUT2D eigenvalue weighted by Crippen LogP contribution is 2.33. The molecule has 1 N–H and O–H groups in total. The van der Waals surface area contributed by atoms with Crippen LogP contribution in [0.1, 0.15) is 11.1 Å². The molecule has 4 aromatic rings. The lowest BCUT2D eigenvalue weighted by molar-refractivity contribution is -0.116. The number of halogens is 1. The van der Waals surface area contributed by atoms with Gasteiger partial charge in [-0.2, -0.15) is 0 Å². The Bertz CT molecular complexity index is 1190. The fourth-order valence-corrected chi connectivity index (χ4v) is 3.59. The van der Waals surface area contributed by atoms with Crippen molar-refractivity contribution in [1.29, 1.82) is 0 Å². The lowest BCUT2D eigenvalue weighted by Gasteiger charge is -2.06. The maximum atomic E-state index is 13.3. The smallest absolute Gasteiger partial charge is 0.244 e. The van der Waals surface area contributed by atoms with Gasteiger partial charge in [0.2, 0.25) is 5.91 Å². The predicted octanol–water partition coefficient (Wildman–Crippen LogP) is 5.31. The highest BCUT2D eigenvalue weighted by molar-refractivity contribution is 6.01. The van der Waals surface area contributed by atoms with Gasteiger partial charge in [-0.05, 0) is 35.4 Å². The number of benzene rings is 3. The molecule has 0 aliphatic carbocycles. The summed E-state index contributed by atoms with van der Waals surface area (Å²) in [5.74, 6) is -0.531. The first-order valence-corrected chi connectivity index (χ1v) is 9.46. The van der Waals surface area contributed by atoms with E-state index in [9.17, 15) is 9.18 Å². The molecule has 0 saturated carbocycles. The molecule has 0 bridgehead atoms. The van der Waals surface area contributed by atoms with Crippen LogP contribution in [-0.4, -0.2) is 10.5 Å². The van der Waals surface area contributed by atoms with Crippen LogP contribution >= 0.6 is 0 Å². The van der Waals surface area contributed by atoms with E-state index in [0.29, 0.717) is 0 Å². The topological polar surface area (TPSA) is 34.0 Å². The second-order valence-electron chi connectivity index (χ2n) is 6.89. The summed E-state index contributed by atoms with van der Waals surface area (Å²) < 4.78 is 15.4. The first-order valence-electron chi connectivity index (χ1n) is 9.46. The van der Waals surface area contributed by atoms with Crippen molar-refractivity contribution in [1.82, 2.24) is 9.88 Å². The first-order chi connectivity index (χ1) is 14.1. The van der Waals surface area contributed by atoms with Crippen molar-refractivity contribution in [2.24, 2.45) is 7.05 Å². The van der Waals surface area contributed by atoms with E-state index in [2.05, 4.69) is 34.1 Å². The summed E-state index contributed by atoms with van der Waals surface area (Å²) >= 11 is 0.